The lowest BCUT2D eigenvalue weighted by atomic mass is 10.1. The van der Waals surface area contributed by atoms with Gasteiger partial charge in [0.25, 0.3) is 6.43 Å². The first-order valence-corrected chi connectivity index (χ1v) is 5.09. The van der Waals surface area contributed by atoms with E-state index in [0.717, 1.165) is 0 Å². The van der Waals surface area contributed by atoms with E-state index in [9.17, 15) is 8.78 Å². The monoisotopic (exact) mass is 230 g/mol. The van der Waals surface area contributed by atoms with Crippen molar-refractivity contribution in [2.24, 2.45) is 0 Å². The molecule has 0 amide bonds. The van der Waals surface area contributed by atoms with Gasteiger partial charge >= 0.3 is 0 Å². The number of nitrogen functional groups attached to an aromatic ring is 1. The van der Waals surface area contributed by atoms with Crippen LogP contribution in [0.5, 0.6) is 0 Å². The van der Waals surface area contributed by atoms with E-state index < -0.39 is 6.43 Å². The van der Waals surface area contributed by atoms with Crippen molar-refractivity contribution < 1.29 is 13.9 Å². The summed E-state index contributed by atoms with van der Waals surface area (Å²) in [4.78, 5) is 0. The molecule has 0 aliphatic heterocycles. The Hall–Kier alpha value is -1.36. The molecule has 5 heteroatoms. The average Bonchev–Trinajstić information content (AvgIpc) is 2.20. The molecule has 0 radical (unpaired) electrons. The fourth-order valence-corrected chi connectivity index (χ4v) is 1.42. The molecule has 0 bridgehead atoms. The number of halogens is 2. The number of hydrogen-bond donors (Lipinski definition) is 3. The highest BCUT2D eigenvalue weighted by Crippen LogP contribution is 2.29. The van der Waals surface area contributed by atoms with Gasteiger partial charge in [-0.15, -0.1) is 0 Å². The minimum Gasteiger partial charge on any atom is -0.399 e. The van der Waals surface area contributed by atoms with Gasteiger partial charge in [-0.1, -0.05) is 0 Å². The highest BCUT2D eigenvalue weighted by atomic mass is 19.3. The van der Waals surface area contributed by atoms with Crippen LogP contribution in [0.3, 0.4) is 0 Å². The summed E-state index contributed by atoms with van der Waals surface area (Å²) in [5.41, 5.74) is 6.03. The Kier molecular flexibility index (Phi) is 4.49. The summed E-state index contributed by atoms with van der Waals surface area (Å²) >= 11 is 0. The van der Waals surface area contributed by atoms with E-state index in [-0.39, 0.29) is 18.2 Å². The van der Waals surface area contributed by atoms with Gasteiger partial charge in [0.1, 0.15) is 0 Å². The lowest BCUT2D eigenvalue weighted by Gasteiger charge is -2.17. The Labute approximate surface area is 93.3 Å². The van der Waals surface area contributed by atoms with Gasteiger partial charge in [-0.05, 0) is 31.5 Å². The minimum absolute atomic E-state index is 0.0210. The largest absolute Gasteiger partial charge is 0.399 e. The van der Waals surface area contributed by atoms with Crippen LogP contribution < -0.4 is 11.1 Å². The normalized spacial score (nSPS) is 12.8. The zero-order valence-electron chi connectivity index (χ0n) is 9.08. The summed E-state index contributed by atoms with van der Waals surface area (Å²) in [7, 11) is 0. The van der Waals surface area contributed by atoms with E-state index in [2.05, 4.69) is 5.32 Å². The molecule has 16 heavy (non-hydrogen) atoms. The van der Waals surface area contributed by atoms with Crippen molar-refractivity contribution in [3.63, 3.8) is 0 Å². The number of rotatable bonds is 5. The number of anilines is 2. The molecule has 0 aromatic heterocycles. The molecule has 90 valence electrons. The first-order chi connectivity index (χ1) is 7.54. The number of nitrogens with two attached hydrogens (primary N) is 1. The van der Waals surface area contributed by atoms with Crippen LogP contribution in [0, 0.1) is 0 Å². The second kappa shape index (κ2) is 5.65. The van der Waals surface area contributed by atoms with E-state index in [1.807, 2.05) is 6.92 Å². The van der Waals surface area contributed by atoms with E-state index in [1.54, 1.807) is 6.07 Å². The summed E-state index contributed by atoms with van der Waals surface area (Å²) in [5, 5.41) is 11.7. The number of hydrogen-bond acceptors (Lipinski definition) is 3. The number of nitrogens with one attached hydrogen (secondary N) is 1. The van der Waals surface area contributed by atoms with Crippen molar-refractivity contribution in [2.75, 3.05) is 17.7 Å². The molecule has 0 saturated carbocycles. The van der Waals surface area contributed by atoms with Crippen molar-refractivity contribution in [1.29, 1.82) is 0 Å². The maximum absolute atomic E-state index is 12.7. The van der Waals surface area contributed by atoms with Crippen LogP contribution in [-0.4, -0.2) is 17.8 Å². The molecule has 0 aliphatic rings. The lowest BCUT2D eigenvalue weighted by Crippen LogP contribution is -2.17. The fraction of sp³-hybridized carbons (Fsp3) is 0.455. The van der Waals surface area contributed by atoms with Crippen LogP contribution in [0.1, 0.15) is 25.3 Å². The van der Waals surface area contributed by atoms with Gasteiger partial charge in [-0.25, -0.2) is 8.78 Å². The number of benzene rings is 1. The molecule has 0 aliphatic carbocycles. The standard InChI is InChI=1S/C11H16F2N2O/c1-7(4-5-16)15-10-3-2-8(14)6-9(10)11(12)13/h2-3,6-7,11,15-16H,4-5,14H2,1H3. The minimum atomic E-state index is -2.56. The summed E-state index contributed by atoms with van der Waals surface area (Å²) in [6.45, 7) is 1.84. The summed E-state index contributed by atoms with van der Waals surface area (Å²) < 4.78 is 25.4. The molecule has 0 fully saturated rings. The van der Waals surface area contributed by atoms with E-state index >= 15 is 0 Å². The molecular weight excluding hydrogens is 214 g/mol. The molecule has 1 aromatic rings. The second-order valence-corrected chi connectivity index (χ2v) is 3.71. The summed E-state index contributed by atoms with van der Waals surface area (Å²) in [6, 6.07) is 4.30. The van der Waals surface area contributed by atoms with E-state index in [0.29, 0.717) is 17.8 Å². The molecule has 1 rings (SSSR count). The van der Waals surface area contributed by atoms with Crippen LogP contribution in [0.15, 0.2) is 18.2 Å². The van der Waals surface area contributed by atoms with Crippen LogP contribution in [0.25, 0.3) is 0 Å². The third-order valence-electron chi connectivity index (χ3n) is 2.27. The molecule has 1 unspecified atom stereocenters. The molecule has 4 N–H and O–H groups in total. The molecular formula is C11H16F2N2O. The number of aliphatic hydroxyl groups is 1. The topological polar surface area (TPSA) is 58.3 Å². The van der Waals surface area contributed by atoms with Gasteiger partial charge < -0.3 is 16.2 Å². The molecule has 1 aromatic carbocycles. The Balaban J connectivity index is 2.86. The molecule has 0 heterocycles. The highest BCUT2D eigenvalue weighted by molar-refractivity contribution is 5.59. The van der Waals surface area contributed by atoms with Crippen LogP contribution in [0.4, 0.5) is 20.2 Å². The first-order valence-electron chi connectivity index (χ1n) is 5.09. The molecule has 3 nitrogen and oxygen atoms in total. The lowest BCUT2D eigenvalue weighted by molar-refractivity contribution is 0.152. The third-order valence-corrected chi connectivity index (χ3v) is 2.27. The van der Waals surface area contributed by atoms with Crippen LogP contribution in [0.2, 0.25) is 0 Å². The van der Waals surface area contributed by atoms with Crippen molar-refractivity contribution in [1.82, 2.24) is 0 Å². The van der Waals surface area contributed by atoms with Gasteiger partial charge in [-0.3, -0.25) is 0 Å². The summed E-state index contributed by atoms with van der Waals surface area (Å²) in [5.74, 6) is 0. The van der Waals surface area contributed by atoms with Gasteiger partial charge in [0.15, 0.2) is 0 Å². The van der Waals surface area contributed by atoms with Crippen LogP contribution >= 0.6 is 0 Å². The highest BCUT2D eigenvalue weighted by Gasteiger charge is 2.14. The fourth-order valence-electron chi connectivity index (χ4n) is 1.42. The maximum atomic E-state index is 12.7. The predicted molar refractivity (Wildman–Crippen MR) is 60.6 cm³/mol. The van der Waals surface area contributed by atoms with Crippen molar-refractivity contribution in [3.8, 4) is 0 Å². The zero-order valence-corrected chi connectivity index (χ0v) is 9.08. The first kappa shape index (κ1) is 12.7. The Morgan fingerprint density at radius 1 is 1.44 bits per heavy atom. The van der Waals surface area contributed by atoms with E-state index in [4.69, 9.17) is 10.8 Å². The SMILES string of the molecule is CC(CCO)Nc1ccc(N)cc1C(F)F. The average molecular weight is 230 g/mol. The van der Waals surface area contributed by atoms with Crippen LogP contribution in [-0.2, 0) is 0 Å². The zero-order chi connectivity index (χ0) is 12.1. The number of aliphatic hydroxyl groups excluding tert-OH is 1. The smallest absolute Gasteiger partial charge is 0.265 e. The maximum Gasteiger partial charge on any atom is 0.265 e. The van der Waals surface area contributed by atoms with Gasteiger partial charge in [0.2, 0.25) is 0 Å². The third kappa shape index (κ3) is 3.34. The van der Waals surface area contributed by atoms with E-state index in [1.165, 1.54) is 12.1 Å². The Morgan fingerprint density at radius 2 is 2.12 bits per heavy atom. The van der Waals surface area contributed by atoms with Gasteiger partial charge in [0, 0.05) is 29.6 Å². The Morgan fingerprint density at radius 3 is 2.69 bits per heavy atom. The number of alkyl halides is 2. The van der Waals surface area contributed by atoms with Crippen molar-refractivity contribution in [3.05, 3.63) is 23.8 Å². The molecule has 1 atom stereocenters. The van der Waals surface area contributed by atoms with Crippen molar-refractivity contribution >= 4 is 11.4 Å². The predicted octanol–water partition coefficient (Wildman–Crippen LogP) is 2.39. The van der Waals surface area contributed by atoms with Gasteiger partial charge in [-0.2, -0.15) is 0 Å². The summed E-state index contributed by atoms with van der Waals surface area (Å²) in [6.07, 6.45) is -2.06. The quantitative estimate of drug-likeness (QED) is 0.681. The Bertz CT molecular complexity index is 345. The molecule has 0 saturated heterocycles. The second-order valence-electron chi connectivity index (χ2n) is 3.71. The van der Waals surface area contributed by atoms with Crippen molar-refractivity contribution in [2.45, 2.75) is 25.8 Å². The molecule has 0 spiro atoms. The van der Waals surface area contributed by atoms with Gasteiger partial charge in [0.05, 0.1) is 0 Å².